The number of benzene rings is 8. The van der Waals surface area contributed by atoms with E-state index in [1.54, 1.807) is 0 Å². The Morgan fingerprint density at radius 1 is 0.431 bits per heavy atom. The minimum Gasteiger partial charge on any atom is -0.867 e. The summed E-state index contributed by atoms with van der Waals surface area (Å²) in [5, 5.41) is 65.4. The van der Waals surface area contributed by atoms with Gasteiger partial charge in [0.05, 0.1) is 0 Å². The van der Waals surface area contributed by atoms with Gasteiger partial charge in [-0.1, -0.05) is 66.7 Å². The SMILES string of the molecule is N#[N+]c1ccc2c(S(=O)(=O)Oc3cc(OS(=O)(=O)c4cccc5c([O-])c([N+]#N)ccc45)c(C(=O)c4ccccc4)c(OS(=O)(=O)c4cccc5c([O-])c([N+]#N)ccc45)c3)cccc2c1[O-]. The monoisotopic (exact) mass is 926 g/mol. The van der Waals surface area contributed by atoms with Gasteiger partial charge >= 0.3 is 47.4 Å². The lowest BCUT2D eigenvalue weighted by atomic mass is 10.0. The Balaban J connectivity index is 1.37. The summed E-state index contributed by atoms with van der Waals surface area (Å²) in [4.78, 5) is 21.2. The Hall–Kier alpha value is -8.88. The molecule has 8 rings (SSSR count). The van der Waals surface area contributed by atoms with Crippen molar-refractivity contribution in [3.05, 3.63) is 160 Å². The van der Waals surface area contributed by atoms with Crippen LogP contribution in [-0.2, 0) is 30.4 Å². The Morgan fingerprint density at radius 2 is 0.785 bits per heavy atom. The molecule has 0 atom stereocenters. The van der Waals surface area contributed by atoms with Crippen LogP contribution < -0.4 is 27.9 Å². The van der Waals surface area contributed by atoms with Crippen LogP contribution in [0.15, 0.2) is 148 Å². The quantitative estimate of drug-likeness (QED) is 0.0695. The molecular formula is C43H22N6O13S3. The van der Waals surface area contributed by atoms with Crippen LogP contribution >= 0.6 is 0 Å². The first kappa shape index (κ1) is 42.8. The molecule has 320 valence electrons. The first-order valence-electron chi connectivity index (χ1n) is 18.3. The van der Waals surface area contributed by atoms with E-state index in [1.165, 1.54) is 54.6 Å². The molecule has 22 heteroatoms. The van der Waals surface area contributed by atoms with Crippen molar-refractivity contribution in [3.63, 3.8) is 0 Å². The molecule has 0 bridgehead atoms. The summed E-state index contributed by atoms with van der Waals surface area (Å²) < 4.78 is 102. The second kappa shape index (κ2) is 16.1. The highest BCUT2D eigenvalue weighted by atomic mass is 32.2. The average Bonchev–Trinajstić information content (AvgIpc) is 3.28. The minimum absolute atomic E-state index is 0.181. The van der Waals surface area contributed by atoms with E-state index in [1.807, 2.05) is 0 Å². The van der Waals surface area contributed by atoms with Crippen molar-refractivity contribution >= 4 is 85.5 Å². The molecule has 0 heterocycles. The van der Waals surface area contributed by atoms with Gasteiger partial charge in [-0.05, 0) is 69.8 Å². The van der Waals surface area contributed by atoms with E-state index in [-0.39, 0.29) is 37.9 Å². The molecular weight excluding hydrogens is 905 g/mol. The number of carbonyl (C=O) groups excluding carboxylic acids is 1. The topological polar surface area (TPSA) is 301 Å². The van der Waals surface area contributed by atoms with Gasteiger partial charge in [-0.3, -0.25) is 4.79 Å². The van der Waals surface area contributed by atoms with Gasteiger partial charge in [0.1, 0.15) is 20.2 Å². The van der Waals surface area contributed by atoms with E-state index >= 15 is 0 Å². The van der Waals surface area contributed by atoms with Gasteiger partial charge in [0, 0.05) is 52.1 Å². The molecule has 0 fully saturated rings. The third-order valence-electron chi connectivity index (χ3n) is 9.89. The number of nitrogens with zero attached hydrogens (tertiary/aromatic N) is 6. The Bertz CT molecular complexity index is 3690. The fraction of sp³-hybridized carbons (Fsp3) is 0. The normalized spacial score (nSPS) is 11.6. The molecule has 8 aromatic rings. The van der Waals surface area contributed by atoms with Crippen molar-refractivity contribution in [1.82, 2.24) is 0 Å². The summed E-state index contributed by atoms with van der Waals surface area (Å²) >= 11 is 0. The van der Waals surface area contributed by atoms with Crippen LogP contribution in [0.3, 0.4) is 0 Å². The molecule has 19 nitrogen and oxygen atoms in total. The second-order valence-electron chi connectivity index (χ2n) is 13.7. The maximum Gasteiger partial charge on any atom is 0.378 e. The van der Waals surface area contributed by atoms with E-state index in [4.69, 9.17) is 12.5 Å². The lowest BCUT2D eigenvalue weighted by Crippen LogP contribution is -2.18. The van der Waals surface area contributed by atoms with Crippen molar-refractivity contribution in [2.45, 2.75) is 14.7 Å². The summed E-state index contributed by atoms with van der Waals surface area (Å²) in [6.07, 6.45) is 0. The third kappa shape index (κ3) is 7.59. The third-order valence-corrected chi connectivity index (χ3v) is 13.8. The Kier molecular flexibility index (Phi) is 10.6. The number of ketones is 1. The van der Waals surface area contributed by atoms with Crippen molar-refractivity contribution in [3.8, 4) is 34.5 Å². The van der Waals surface area contributed by atoms with E-state index < -0.39 is 108 Å². The zero-order valence-corrected chi connectivity index (χ0v) is 34.9. The van der Waals surface area contributed by atoms with Crippen LogP contribution in [-0.4, -0.2) is 31.0 Å². The van der Waals surface area contributed by atoms with Gasteiger partial charge in [-0.2, -0.15) is 25.3 Å². The zero-order chi connectivity index (χ0) is 46.4. The highest BCUT2D eigenvalue weighted by Crippen LogP contribution is 2.43. The first-order chi connectivity index (χ1) is 31.0. The summed E-state index contributed by atoms with van der Waals surface area (Å²) in [7, 11) is -15.6. The molecule has 0 saturated carbocycles. The summed E-state index contributed by atoms with van der Waals surface area (Å²) in [5.41, 5.74) is -2.37. The van der Waals surface area contributed by atoms with Gasteiger partial charge in [0.15, 0.2) is 32.2 Å². The number of hydrogen-bond donors (Lipinski definition) is 0. The number of hydrogen-bond acceptors (Lipinski definition) is 16. The molecule has 8 aromatic carbocycles. The van der Waals surface area contributed by atoms with E-state index in [0.29, 0.717) is 12.1 Å². The largest absolute Gasteiger partial charge is 0.867 e. The summed E-state index contributed by atoms with van der Waals surface area (Å²) in [6.45, 7) is 0. The Morgan fingerprint density at radius 3 is 1.14 bits per heavy atom. The second-order valence-corrected chi connectivity index (χ2v) is 18.2. The van der Waals surface area contributed by atoms with Crippen molar-refractivity contribution in [1.29, 1.82) is 16.2 Å². The van der Waals surface area contributed by atoms with Crippen molar-refractivity contribution in [2.24, 2.45) is 0 Å². The van der Waals surface area contributed by atoms with E-state index in [2.05, 4.69) is 14.9 Å². The summed E-state index contributed by atoms with van der Waals surface area (Å²) in [5.74, 6) is -6.74. The van der Waals surface area contributed by atoms with Crippen LogP contribution in [0.25, 0.3) is 47.2 Å². The standard InChI is InChI=1S/C43H22N6O13S3/c44-47-31-18-15-25-28(41(31)51)9-4-12-36(25)63(54,55)60-24-21-34(61-64(56,57)37-13-5-10-29-26(37)16-19-32(48-45)42(29)52)39(40(50)23-7-2-1-3-8-23)35(22-24)62-65(58,59)38-14-6-11-30-27(38)17-20-33(49-46)43(30)53/h1-22H. The van der Waals surface area contributed by atoms with E-state index in [9.17, 15) is 61.5 Å². The number of fused-ring (bicyclic) bond motifs is 3. The lowest BCUT2D eigenvalue weighted by molar-refractivity contribution is -0.265. The first-order valence-corrected chi connectivity index (χ1v) is 22.6. The maximum absolute atomic E-state index is 14.5. The minimum atomic E-state index is -5.24. The number of carbonyl (C=O) groups is 1. The molecule has 0 unspecified atom stereocenters. The van der Waals surface area contributed by atoms with Crippen molar-refractivity contribution < 1.29 is 57.9 Å². The lowest BCUT2D eigenvalue weighted by Gasteiger charge is -2.19. The van der Waals surface area contributed by atoms with Crippen LogP contribution in [0.5, 0.6) is 34.5 Å². The van der Waals surface area contributed by atoms with Crippen LogP contribution in [0.4, 0.5) is 17.1 Å². The number of rotatable bonds is 11. The Labute approximate surface area is 366 Å². The highest BCUT2D eigenvalue weighted by molar-refractivity contribution is 7.88. The van der Waals surface area contributed by atoms with Gasteiger partial charge < -0.3 is 27.9 Å². The molecule has 0 aliphatic rings. The molecule has 0 radical (unpaired) electrons. The van der Waals surface area contributed by atoms with Gasteiger partial charge in [-0.15, -0.1) is 0 Å². The summed E-state index contributed by atoms with van der Waals surface area (Å²) in [6, 6.07) is 25.0. The smallest absolute Gasteiger partial charge is 0.378 e. The maximum atomic E-state index is 14.5. The van der Waals surface area contributed by atoms with Crippen molar-refractivity contribution in [2.75, 3.05) is 0 Å². The number of diazo groups is 3. The average molecular weight is 927 g/mol. The molecule has 0 aromatic heterocycles. The van der Waals surface area contributed by atoms with Crippen LogP contribution in [0.2, 0.25) is 0 Å². The van der Waals surface area contributed by atoms with Crippen LogP contribution in [0, 0.1) is 16.2 Å². The predicted molar refractivity (Wildman–Crippen MR) is 224 cm³/mol. The molecule has 0 spiro atoms. The molecule has 0 saturated heterocycles. The molecule has 0 aliphatic carbocycles. The highest BCUT2D eigenvalue weighted by Gasteiger charge is 2.33. The molecule has 0 aliphatic heterocycles. The van der Waals surface area contributed by atoms with Crippen LogP contribution in [0.1, 0.15) is 15.9 Å². The van der Waals surface area contributed by atoms with E-state index in [0.717, 1.165) is 66.7 Å². The predicted octanol–water partition coefficient (Wildman–Crippen LogP) is 7.35. The molecule has 0 N–H and O–H groups in total. The fourth-order valence-corrected chi connectivity index (χ4v) is 10.4. The molecule has 0 amide bonds. The van der Waals surface area contributed by atoms with Gasteiger partial charge in [-0.25, -0.2) is 0 Å². The fourth-order valence-electron chi connectivity index (χ4n) is 6.96. The zero-order valence-electron chi connectivity index (χ0n) is 32.4. The van der Waals surface area contributed by atoms with Gasteiger partial charge in [0.2, 0.25) is 22.0 Å². The van der Waals surface area contributed by atoms with Gasteiger partial charge in [0.25, 0.3) is 0 Å². The molecule has 65 heavy (non-hydrogen) atoms.